The van der Waals surface area contributed by atoms with Crippen LogP contribution in [-0.2, 0) is 15.2 Å². The van der Waals surface area contributed by atoms with Crippen molar-refractivity contribution >= 4 is 5.97 Å². The van der Waals surface area contributed by atoms with Crippen LogP contribution in [-0.4, -0.2) is 30.2 Å². The minimum atomic E-state index is -3.67. The minimum absolute atomic E-state index is 0.0358. The van der Waals surface area contributed by atoms with Gasteiger partial charge in [-0.15, -0.1) is 0 Å². The first kappa shape index (κ1) is 19.5. The molecule has 6 heteroatoms. The highest BCUT2D eigenvalue weighted by molar-refractivity contribution is 5.76. The number of aliphatic hydroxyl groups is 1. The second-order valence-corrected chi connectivity index (χ2v) is 6.33. The van der Waals surface area contributed by atoms with Crippen LogP contribution in [0, 0.1) is 5.41 Å². The fourth-order valence-electron chi connectivity index (χ4n) is 2.32. The van der Waals surface area contributed by atoms with Gasteiger partial charge in [0.25, 0.3) is 5.92 Å². The predicted molar refractivity (Wildman–Crippen MR) is 80.9 cm³/mol. The van der Waals surface area contributed by atoms with Crippen LogP contribution >= 0.6 is 0 Å². The summed E-state index contributed by atoms with van der Waals surface area (Å²) in [6, 6.07) is 7.12. The molecule has 0 saturated heterocycles. The van der Waals surface area contributed by atoms with E-state index in [2.05, 4.69) is 0 Å². The number of ether oxygens (including phenoxy) is 1. The molecule has 0 spiro atoms. The molecule has 23 heavy (non-hydrogen) atoms. The van der Waals surface area contributed by atoms with Gasteiger partial charge in [-0.25, -0.2) is 13.2 Å². The molecule has 0 aliphatic carbocycles. The molecule has 130 valence electrons. The van der Waals surface area contributed by atoms with E-state index in [9.17, 15) is 13.6 Å². The number of carbonyl (C=O) groups excluding carboxylic acids is 1. The molecular weight excluding hydrogens is 309 g/mol. The predicted octanol–water partition coefficient (Wildman–Crippen LogP) is 3.85. The lowest BCUT2D eigenvalue weighted by Gasteiger charge is -2.37. The summed E-state index contributed by atoms with van der Waals surface area (Å²) in [5.41, 5.74) is -4.61. The standard InChI is InChI=1S/C17H23F3O3/c1-15(2,14(22)23-11-7-10-21)12-17(20,16(3,18)19)13-8-5-4-6-9-13/h4-6,8-9,21H,7,10-12H2,1-3H3. The number of halogens is 3. The molecule has 1 rings (SSSR count). The Hall–Kier alpha value is -1.56. The van der Waals surface area contributed by atoms with Crippen molar-refractivity contribution in [3.63, 3.8) is 0 Å². The fraction of sp³-hybridized carbons (Fsp3) is 0.588. The topological polar surface area (TPSA) is 46.5 Å². The van der Waals surface area contributed by atoms with E-state index in [0.29, 0.717) is 6.92 Å². The smallest absolute Gasteiger partial charge is 0.311 e. The summed E-state index contributed by atoms with van der Waals surface area (Å²) in [6.45, 7) is 3.06. The summed E-state index contributed by atoms with van der Waals surface area (Å²) < 4.78 is 48.2. The van der Waals surface area contributed by atoms with E-state index >= 15 is 4.39 Å². The SMILES string of the molecule is CC(C)(CC(F)(c1ccccc1)C(C)(F)F)C(=O)OCCCO. The molecule has 0 aromatic heterocycles. The lowest BCUT2D eigenvalue weighted by Crippen LogP contribution is -2.45. The van der Waals surface area contributed by atoms with Gasteiger partial charge in [0.05, 0.1) is 12.0 Å². The molecule has 3 nitrogen and oxygen atoms in total. The van der Waals surface area contributed by atoms with Crippen molar-refractivity contribution in [1.82, 2.24) is 0 Å². The Morgan fingerprint density at radius 2 is 1.70 bits per heavy atom. The summed E-state index contributed by atoms with van der Waals surface area (Å²) in [4.78, 5) is 12.1. The highest BCUT2D eigenvalue weighted by atomic mass is 19.3. The molecule has 0 radical (unpaired) electrons. The Labute approximate surface area is 134 Å². The number of aliphatic hydroxyl groups excluding tert-OH is 1. The van der Waals surface area contributed by atoms with Crippen molar-refractivity contribution in [3.05, 3.63) is 35.9 Å². The second-order valence-electron chi connectivity index (χ2n) is 6.33. The molecule has 0 saturated carbocycles. The molecular formula is C17H23F3O3. The van der Waals surface area contributed by atoms with Crippen LogP contribution in [0.2, 0.25) is 0 Å². The maximum Gasteiger partial charge on any atom is 0.311 e. The van der Waals surface area contributed by atoms with Crippen molar-refractivity contribution in [2.24, 2.45) is 5.41 Å². The van der Waals surface area contributed by atoms with Gasteiger partial charge in [-0.3, -0.25) is 4.79 Å². The molecule has 1 aromatic rings. The molecule has 0 amide bonds. The molecule has 0 heterocycles. The summed E-state index contributed by atoms with van der Waals surface area (Å²) in [5, 5.41) is 8.67. The van der Waals surface area contributed by atoms with Crippen LogP contribution in [0.4, 0.5) is 13.2 Å². The third-order valence-electron chi connectivity index (χ3n) is 3.70. The Morgan fingerprint density at radius 1 is 1.13 bits per heavy atom. The van der Waals surface area contributed by atoms with Gasteiger partial charge in [-0.2, -0.15) is 0 Å². The zero-order chi connectivity index (χ0) is 17.7. The highest BCUT2D eigenvalue weighted by Crippen LogP contribution is 2.48. The van der Waals surface area contributed by atoms with E-state index in [1.54, 1.807) is 6.07 Å². The van der Waals surface area contributed by atoms with Gasteiger partial charge in [-0.05, 0) is 19.4 Å². The number of carbonyl (C=O) groups is 1. The molecule has 1 unspecified atom stereocenters. The normalized spacial score (nSPS) is 15.1. The highest BCUT2D eigenvalue weighted by Gasteiger charge is 2.56. The zero-order valence-corrected chi connectivity index (χ0v) is 13.6. The third-order valence-corrected chi connectivity index (χ3v) is 3.70. The molecule has 1 N–H and O–H groups in total. The average Bonchev–Trinajstić information content (AvgIpc) is 2.46. The minimum Gasteiger partial charge on any atom is -0.465 e. The summed E-state index contributed by atoms with van der Waals surface area (Å²) >= 11 is 0. The van der Waals surface area contributed by atoms with Gasteiger partial charge in [-0.1, -0.05) is 30.3 Å². The Morgan fingerprint density at radius 3 is 2.17 bits per heavy atom. The van der Waals surface area contributed by atoms with Crippen molar-refractivity contribution in [1.29, 1.82) is 0 Å². The molecule has 0 bridgehead atoms. The zero-order valence-electron chi connectivity index (χ0n) is 13.6. The van der Waals surface area contributed by atoms with Gasteiger partial charge in [0.2, 0.25) is 0 Å². The van der Waals surface area contributed by atoms with Crippen LogP contribution in [0.1, 0.15) is 39.2 Å². The number of benzene rings is 1. The maximum atomic E-state index is 15.3. The van der Waals surface area contributed by atoms with Gasteiger partial charge in [0.1, 0.15) is 0 Å². The van der Waals surface area contributed by atoms with E-state index in [0.717, 1.165) is 0 Å². The van der Waals surface area contributed by atoms with Crippen molar-refractivity contribution in [2.45, 2.75) is 45.2 Å². The van der Waals surface area contributed by atoms with Crippen molar-refractivity contribution < 1.29 is 27.8 Å². The molecule has 1 atom stereocenters. The summed E-state index contributed by atoms with van der Waals surface area (Å²) in [6.07, 6.45) is -0.476. The van der Waals surface area contributed by atoms with Gasteiger partial charge >= 0.3 is 5.97 Å². The van der Waals surface area contributed by atoms with E-state index < -0.39 is 29.4 Å². The second kappa shape index (κ2) is 7.34. The van der Waals surface area contributed by atoms with Crippen LogP contribution in [0.15, 0.2) is 30.3 Å². The van der Waals surface area contributed by atoms with Gasteiger partial charge in [0.15, 0.2) is 5.67 Å². The lowest BCUT2D eigenvalue weighted by atomic mass is 9.75. The fourth-order valence-corrected chi connectivity index (χ4v) is 2.32. The molecule has 0 fully saturated rings. The first-order valence-corrected chi connectivity index (χ1v) is 7.45. The van der Waals surface area contributed by atoms with Crippen molar-refractivity contribution in [2.75, 3.05) is 13.2 Å². The number of alkyl halides is 3. The molecule has 0 aliphatic rings. The Kier molecular flexibility index (Phi) is 6.22. The Balaban J connectivity index is 3.04. The summed E-state index contributed by atoms with van der Waals surface area (Å²) in [7, 11) is 0. The number of esters is 1. The van der Waals surface area contributed by atoms with E-state index in [-0.39, 0.29) is 25.2 Å². The number of hydrogen-bond acceptors (Lipinski definition) is 3. The molecule has 0 aliphatic heterocycles. The van der Waals surface area contributed by atoms with Crippen LogP contribution in [0.3, 0.4) is 0 Å². The van der Waals surface area contributed by atoms with Crippen LogP contribution < -0.4 is 0 Å². The van der Waals surface area contributed by atoms with E-state index in [1.807, 2.05) is 0 Å². The van der Waals surface area contributed by atoms with Gasteiger partial charge < -0.3 is 9.84 Å². The largest absolute Gasteiger partial charge is 0.465 e. The average molecular weight is 332 g/mol. The van der Waals surface area contributed by atoms with Crippen LogP contribution in [0.5, 0.6) is 0 Å². The number of hydrogen-bond donors (Lipinski definition) is 1. The maximum absolute atomic E-state index is 15.3. The van der Waals surface area contributed by atoms with E-state index in [1.165, 1.54) is 38.1 Å². The first-order chi connectivity index (χ1) is 10.5. The number of rotatable bonds is 8. The quantitative estimate of drug-likeness (QED) is 0.581. The summed E-state index contributed by atoms with van der Waals surface area (Å²) in [5.74, 6) is -4.44. The van der Waals surface area contributed by atoms with Gasteiger partial charge in [0, 0.05) is 26.4 Å². The van der Waals surface area contributed by atoms with Crippen molar-refractivity contribution in [3.8, 4) is 0 Å². The first-order valence-electron chi connectivity index (χ1n) is 7.45. The van der Waals surface area contributed by atoms with E-state index in [4.69, 9.17) is 9.84 Å². The van der Waals surface area contributed by atoms with Crippen LogP contribution in [0.25, 0.3) is 0 Å². The molecule has 1 aromatic carbocycles. The lowest BCUT2D eigenvalue weighted by molar-refractivity contribution is -0.170. The monoisotopic (exact) mass is 332 g/mol. The third kappa shape index (κ3) is 4.70. The Bertz CT molecular complexity index is 512.